The summed E-state index contributed by atoms with van der Waals surface area (Å²) in [6.45, 7) is 6.76. The summed E-state index contributed by atoms with van der Waals surface area (Å²) in [6.07, 6.45) is 0. The van der Waals surface area contributed by atoms with Gasteiger partial charge in [0.05, 0.1) is 29.5 Å². The quantitative estimate of drug-likeness (QED) is 0.583. The van der Waals surface area contributed by atoms with E-state index in [9.17, 15) is 13.2 Å². The summed E-state index contributed by atoms with van der Waals surface area (Å²) < 4.78 is 38.7. The van der Waals surface area contributed by atoms with Gasteiger partial charge in [0.25, 0.3) is 5.91 Å². The predicted molar refractivity (Wildman–Crippen MR) is 124 cm³/mol. The Labute approximate surface area is 187 Å². The van der Waals surface area contributed by atoms with E-state index in [-0.39, 0.29) is 10.7 Å². The van der Waals surface area contributed by atoms with Gasteiger partial charge in [-0.15, -0.1) is 0 Å². The molecule has 1 fully saturated rings. The largest absolute Gasteiger partial charge is 0.451 e. The number of hydrogen-bond acceptors (Lipinski definition) is 6. The molecule has 3 aromatic rings. The number of anilines is 2. The van der Waals surface area contributed by atoms with Crippen molar-refractivity contribution in [1.29, 1.82) is 0 Å². The van der Waals surface area contributed by atoms with Gasteiger partial charge in [-0.25, -0.2) is 8.42 Å². The molecule has 0 atom stereocenters. The Hall–Kier alpha value is -2.88. The summed E-state index contributed by atoms with van der Waals surface area (Å²) in [5.41, 5.74) is 1.78. The van der Waals surface area contributed by atoms with Gasteiger partial charge in [0.15, 0.2) is 5.76 Å². The number of fused-ring (bicyclic) bond motifs is 1. The van der Waals surface area contributed by atoms with Gasteiger partial charge in [-0.2, -0.15) is 4.31 Å². The van der Waals surface area contributed by atoms with Crippen LogP contribution in [0.25, 0.3) is 11.0 Å². The molecule has 4 rings (SSSR count). The third kappa shape index (κ3) is 4.36. The molecule has 0 saturated carbocycles. The van der Waals surface area contributed by atoms with Crippen LogP contribution in [0.3, 0.4) is 0 Å². The van der Waals surface area contributed by atoms with Crippen LogP contribution >= 0.6 is 0 Å². The van der Waals surface area contributed by atoms with Crippen molar-refractivity contribution in [1.82, 2.24) is 4.31 Å². The molecule has 2 aromatic carbocycles. The smallest absolute Gasteiger partial charge is 0.291 e. The van der Waals surface area contributed by atoms with Crippen LogP contribution in [-0.4, -0.2) is 58.0 Å². The standard InChI is InChI=1S/C23H27N3O5S/c1-3-26(4-2)32(28,29)18-9-10-20(25-11-13-30-14-12-25)19(16-18)24-23(27)22-15-17-7-5-6-8-21(17)31-22/h5-10,15-16H,3-4,11-14H2,1-2H3,(H,24,27). The maximum Gasteiger partial charge on any atom is 0.291 e. The Bertz CT molecular complexity index is 1180. The number of furan rings is 1. The molecule has 32 heavy (non-hydrogen) atoms. The van der Waals surface area contributed by atoms with E-state index < -0.39 is 15.9 Å². The fourth-order valence-electron chi connectivity index (χ4n) is 3.85. The van der Waals surface area contributed by atoms with Crippen LogP contribution in [0.2, 0.25) is 0 Å². The Kier molecular flexibility index (Phi) is 6.50. The highest BCUT2D eigenvalue weighted by atomic mass is 32.2. The molecule has 0 unspecified atom stereocenters. The Morgan fingerprint density at radius 1 is 1.06 bits per heavy atom. The lowest BCUT2D eigenvalue weighted by atomic mass is 10.2. The molecule has 1 saturated heterocycles. The molecule has 1 aliphatic rings. The number of hydrogen-bond donors (Lipinski definition) is 1. The highest BCUT2D eigenvalue weighted by molar-refractivity contribution is 7.89. The van der Waals surface area contributed by atoms with E-state index in [1.807, 2.05) is 18.2 Å². The minimum absolute atomic E-state index is 0.137. The van der Waals surface area contributed by atoms with E-state index in [0.29, 0.717) is 50.7 Å². The first-order valence-electron chi connectivity index (χ1n) is 10.7. The first kappa shape index (κ1) is 22.3. The van der Waals surface area contributed by atoms with E-state index in [2.05, 4.69) is 10.2 Å². The van der Waals surface area contributed by atoms with Crippen molar-refractivity contribution in [3.8, 4) is 0 Å². The fraction of sp³-hybridized carbons (Fsp3) is 0.348. The van der Waals surface area contributed by atoms with Gasteiger partial charge in [-0.1, -0.05) is 32.0 Å². The fourth-order valence-corrected chi connectivity index (χ4v) is 5.33. The Balaban J connectivity index is 1.71. The Morgan fingerprint density at radius 3 is 2.47 bits per heavy atom. The summed E-state index contributed by atoms with van der Waals surface area (Å²) in [5, 5.41) is 3.70. The molecule has 0 bridgehead atoms. The number of para-hydroxylation sites is 1. The predicted octanol–water partition coefficient (Wildman–Crippen LogP) is 3.55. The normalized spacial score (nSPS) is 14.8. The zero-order valence-electron chi connectivity index (χ0n) is 18.2. The topological polar surface area (TPSA) is 92.1 Å². The lowest BCUT2D eigenvalue weighted by Gasteiger charge is -2.31. The first-order chi connectivity index (χ1) is 15.4. The van der Waals surface area contributed by atoms with Crippen LogP contribution in [0.15, 0.2) is 57.8 Å². The van der Waals surface area contributed by atoms with E-state index in [1.165, 1.54) is 10.4 Å². The summed E-state index contributed by atoms with van der Waals surface area (Å²) in [4.78, 5) is 15.2. The van der Waals surface area contributed by atoms with E-state index in [0.717, 1.165) is 11.1 Å². The van der Waals surface area contributed by atoms with Gasteiger partial charge in [0.2, 0.25) is 10.0 Å². The second-order valence-electron chi connectivity index (χ2n) is 7.47. The van der Waals surface area contributed by atoms with Crippen molar-refractivity contribution in [3.63, 3.8) is 0 Å². The second kappa shape index (κ2) is 9.32. The molecule has 170 valence electrons. The molecule has 1 aromatic heterocycles. The lowest BCUT2D eigenvalue weighted by Crippen LogP contribution is -2.37. The zero-order valence-corrected chi connectivity index (χ0v) is 19.0. The van der Waals surface area contributed by atoms with Crippen LogP contribution in [0.5, 0.6) is 0 Å². The van der Waals surface area contributed by atoms with Crippen LogP contribution in [0.1, 0.15) is 24.4 Å². The first-order valence-corrected chi connectivity index (χ1v) is 12.1. The van der Waals surface area contributed by atoms with E-state index >= 15 is 0 Å². The maximum atomic E-state index is 13.1. The molecular weight excluding hydrogens is 430 g/mol. The summed E-state index contributed by atoms with van der Waals surface area (Å²) in [7, 11) is -3.68. The van der Waals surface area contributed by atoms with Gasteiger partial charge in [-0.3, -0.25) is 4.79 Å². The van der Waals surface area contributed by atoms with Gasteiger partial charge in [-0.05, 0) is 30.3 Å². The van der Waals surface area contributed by atoms with Crippen molar-refractivity contribution in [2.24, 2.45) is 0 Å². The van der Waals surface area contributed by atoms with Crippen molar-refractivity contribution >= 4 is 38.3 Å². The van der Waals surface area contributed by atoms with Gasteiger partial charge < -0.3 is 19.4 Å². The number of ether oxygens (including phenoxy) is 1. The molecule has 1 amide bonds. The molecule has 0 radical (unpaired) electrons. The number of carbonyl (C=O) groups is 1. The third-order valence-electron chi connectivity index (χ3n) is 5.56. The van der Waals surface area contributed by atoms with Crippen molar-refractivity contribution in [2.75, 3.05) is 49.6 Å². The van der Waals surface area contributed by atoms with Crippen LogP contribution < -0.4 is 10.2 Å². The van der Waals surface area contributed by atoms with Crippen LogP contribution in [-0.2, 0) is 14.8 Å². The van der Waals surface area contributed by atoms with Crippen molar-refractivity contribution < 1.29 is 22.4 Å². The number of nitrogens with one attached hydrogen (secondary N) is 1. The molecule has 0 spiro atoms. The summed E-state index contributed by atoms with van der Waals surface area (Å²) in [6, 6.07) is 13.9. The average molecular weight is 458 g/mol. The van der Waals surface area contributed by atoms with E-state index in [4.69, 9.17) is 9.15 Å². The number of morpholine rings is 1. The molecule has 1 N–H and O–H groups in total. The number of carbonyl (C=O) groups excluding carboxylic acids is 1. The summed E-state index contributed by atoms with van der Waals surface area (Å²) in [5.74, 6) is -0.274. The molecular formula is C23H27N3O5S. The van der Waals surface area contributed by atoms with E-state index in [1.54, 1.807) is 38.1 Å². The number of nitrogens with zero attached hydrogens (tertiary/aromatic N) is 2. The Morgan fingerprint density at radius 2 is 1.78 bits per heavy atom. The number of amides is 1. The maximum absolute atomic E-state index is 13.1. The average Bonchev–Trinajstić information content (AvgIpc) is 3.25. The summed E-state index contributed by atoms with van der Waals surface area (Å²) >= 11 is 0. The molecule has 2 heterocycles. The minimum atomic E-state index is -3.68. The van der Waals surface area contributed by atoms with Crippen LogP contribution in [0.4, 0.5) is 11.4 Å². The third-order valence-corrected chi connectivity index (χ3v) is 7.61. The molecule has 1 aliphatic heterocycles. The highest BCUT2D eigenvalue weighted by Gasteiger charge is 2.25. The monoisotopic (exact) mass is 457 g/mol. The van der Waals surface area contributed by atoms with Crippen LogP contribution in [0, 0.1) is 0 Å². The SMILES string of the molecule is CCN(CC)S(=O)(=O)c1ccc(N2CCOCC2)c(NC(=O)c2cc3ccccc3o2)c1. The van der Waals surface area contributed by atoms with Crippen molar-refractivity contribution in [3.05, 3.63) is 54.3 Å². The zero-order chi connectivity index (χ0) is 22.7. The molecule has 0 aliphatic carbocycles. The van der Waals surface area contributed by atoms with Gasteiger partial charge in [0, 0.05) is 31.6 Å². The minimum Gasteiger partial charge on any atom is -0.451 e. The lowest BCUT2D eigenvalue weighted by molar-refractivity contribution is 0.0998. The van der Waals surface area contributed by atoms with Gasteiger partial charge in [0.1, 0.15) is 5.58 Å². The number of sulfonamides is 1. The highest BCUT2D eigenvalue weighted by Crippen LogP contribution is 2.32. The number of benzene rings is 2. The second-order valence-corrected chi connectivity index (χ2v) is 9.41. The van der Waals surface area contributed by atoms with Crippen molar-refractivity contribution in [2.45, 2.75) is 18.7 Å². The van der Waals surface area contributed by atoms with Gasteiger partial charge >= 0.3 is 0 Å². The molecule has 9 heteroatoms. The molecule has 8 nitrogen and oxygen atoms in total. The number of rotatable bonds is 7.